The van der Waals surface area contributed by atoms with E-state index in [0.29, 0.717) is 28.4 Å². The SMILES string of the molecule is COc1cccc([C@H](C)NC(=O)c2ccc(Sc3ccc(NC(=O)OC(C)(C)C)cc3)c(Nc3ncnc4nc(C(C)C)ccc34)c2)c1. The summed E-state index contributed by atoms with van der Waals surface area (Å²) in [6.07, 6.45) is 0.966. The van der Waals surface area contributed by atoms with Gasteiger partial charge in [0.05, 0.1) is 24.2 Å². The molecule has 5 rings (SSSR count). The van der Waals surface area contributed by atoms with Gasteiger partial charge in [-0.05, 0) is 106 Å². The zero-order valence-electron chi connectivity index (χ0n) is 28.1. The van der Waals surface area contributed by atoms with E-state index in [1.54, 1.807) is 13.2 Å². The number of pyridine rings is 1. The van der Waals surface area contributed by atoms with E-state index in [1.165, 1.54) is 18.1 Å². The zero-order chi connectivity index (χ0) is 34.4. The lowest BCUT2D eigenvalue weighted by Gasteiger charge is -2.19. The zero-order valence-corrected chi connectivity index (χ0v) is 28.9. The minimum absolute atomic E-state index is 0.224. The monoisotopic (exact) mass is 664 g/mol. The minimum Gasteiger partial charge on any atom is -0.497 e. The summed E-state index contributed by atoms with van der Waals surface area (Å²) >= 11 is 1.51. The Balaban J connectivity index is 1.43. The molecule has 248 valence electrons. The van der Waals surface area contributed by atoms with Crippen molar-refractivity contribution in [3.05, 3.63) is 102 Å². The van der Waals surface area contributed by atoms with Crippen molar-refractivity contribution in [2.24, 2.45) is 0 Å². The Morgan fingerprint density at radius 2 is 1.67 bits per heavy atom. The van der Waals surface area contributed by atoms with Crippen molar-refractivity contribution in [3.8, 4) is 5.75 Å². The van der Waals surface area contributed by atoms with Crippen LogP contribution in [0.3, 0.4) is 0 Å². The van der Waals surface area contributed by atoms with Gasteiger partial charge in [-0.3, -0.25) is 10.1 Å². The number of hydrogen-bond donors (Lipinski definition) is 3. The lowest BCUT2D eigenvalue weighted by molar-refractivity contribution is 0.0635. The molecule has 3 aromatic carbocycles. The number of amides is 2. The molecule has 1 atom stereocenters. The molecule has 0 aliphatic carbocycles. The van der Waals surface area contributed by atoms with Crippen molar-refractivity contribution in [2.45, 2.75) is 68.9 Å². The van der Waals surface area contributed by atoms with Crippen LogP contribution < -0.4 is 20.7 Å². The molecule has 2 heterocycles. The first-order valence-electron chi connectivity index (χ1n) is 15.6. The quantitative estimate of drug-likeness (QED) is 0.134. The van der Waals surface area contributed by atoms with Crippen LogP contribution in [-0.4, -0.2) is 39.7 Å². The van der Waals surface area contributed by atoms with Crippen LogP contribution in [0.2, 0.25) is 0 Å². The number of methoxy groups -OCH3 is 1. The average molecular weight is 665 g/mol. The Morgan fingerprint density at radius 1 is 0.896 bits per heavy atom. The molecule has 0 spiro atoms. The summed E-state index contributed by atoms with van der Waals surface area (Å²) in [5.74, 6) is 1.33. The van der Waals surface area contributed by atoms with Gasteiger partial charge in [0, 0.05) is 26.7 Å². The van der Waals surface area contributed by atoms with Crippen LogP contribution in [0.5, 0.6) is 5.75 Å². The van der Waals surface area contributed by atoms with E-state index in [1.807, 2.05) is 100 Å². The Kier molecular flexibility index (Phi) is 10.5. The molecule has 0 bridgehead atoms. The van der Waals surface area contributed by atoms with Gasteiger partial charge < -0.3 is 20.1 Å². The largest absolute Gasteiger partial charge is 0.497 e. The van der Waals surface area contributed by atoms with E-state index < -0.39 is 11.7 Å². The third-order valence-electron chi connectivity index (χ3n) is 7.27. The Morgan fingerprint density at radius 3 is 2.38 bits per heavy atom. The fourth-order valence-corrected chi connectivity index (χ4v) is 5.67. The molecule has 2 aromatic heterocycles. The van der Waals surface area contributed by atoms with Crippen molar-refractivity contribution in [1.29, 1.82) is 0 Å². The van der Waals surface area contributed by atoms with E-state index >= 15 is 0 Å². The van der Waals surface area contributed by atoms with Crippen LogP contribution >= 0.6 is 11.8 Å². The third-order valence-corrected chi connectivity index (χ3v) is 8.36. The molecule has 3 N–H and O–H groups in total. The van der Waals surface area contributed by atoms with Gasteiger partial charge in [0.15, 0.2) is 5.65 Å². The second kappa shape index (κ2) is 14.7. The summed E-state index contributed by atoms with van der Waals surface area (Å²) in [5.41, 5.74) is 3.64. The minimum atomic E-state index is -0.596. The molecule has 11 heteroatoms. The van der Waals surface area contributed by atoms with Crippen molar-refractivity contribution < 1.29 is 19.1 Å². The number of rotatable bonds is 10. The van der Waals surface area contributed by atoms with E-state index in [9.17, 15) is 9.59 Å². The van der Waals surface area contributed by atoms with Gasteiger partial charge in [-0.1, -0.05) is 37.7 Å². The number of carbonyl (C=O) groups excluding carboxylic acids is 2. The number of ether oxygens (including phenoxy) is 2. The number of anilines is 3. The fraction of sp³-hybridized carbons (Fsp3) is 0.270. The van der Waals surface area contributed by atoms with Crippen LogP contribution in [0.1, 0.15) is 75.1 Å². The summed E-state index contributed by atoms with van der Waals surface area (Å²) in [6.45, 7) is 11.6. The summed E-state index contributed by atoms with van der Waals surface area (Å²) in [5, 5.41) is 10.1. The maximum Gasteiger partial charge on any atom is 0.412 e. The summed E-state index contributed by atoms with van der Waals surface area (Å²) in [7, 11) is 1.62. The van der Waals surface area contributed by atoms with E-state index in [-0.39, 0.29) is 17.9 Å². The standard InChI is InChI=1S/C37H40N6O4S/c1-22(2)30-17-16-29-33(42-30)38-21-39-34(29)43-31-20-25(35(44)40-23(3)24-9-8-10-27(19-24)46-7)11-18-32(31)48-28-14-12-26(13-15-28)41-36(45)47-37(4,5)6/h8-23H,1-7H3,(H,40,44)(H,41,45)(H,38,39,42,43)/t23-/m0/s1. The third kappa shape index (κ3) is 8.80. The number of nitrogens with one attached hydrogen (secondary N) is 3. The molecular formula is C37H40N6O4S. The van der Waals surface area contributed by atoms with Gasteiger partial charge in [0.1, 0.15) is 23.5 Å². The summed E-state index contributed by atoms with van der Waals surface area (Å²) in [4.78, 5) is 41.2. The number of aromatic nitrogens is 3. The lowest BCUT2D eigenvalue weighted by atomic mass is 10.1. The van der Waals surface area contributed by atoms with Gasteiger partial charge in [-0.15, -0.1) is 0 Å². The first kappa shape index (κ1) is 34.2. The maximum atomic E-state index is 13.5. The first-order chi connectivity index (χ1) is 22.9. The predicted octanol–water partition coefficient (Wildman–Crippen LogP) is 8.89. The Bertz CT molecular complexity index is 1920. The molecule has 0 saturated carbocycles. The lowest BCUT2D eigenvalue weighted by Crippen LogP contribution is -2.27. The molecule has 5 aromatic rings. The van der Waals surface area contributed by atoms with Crippen LogP contribution in [0, 0.1) is 0 Å². The highest BCUT2D eigenvalue weighted by molar-refractivity contribution is 7.99. The second-order valence-electron chi connectivity index (χ2n) is 12.5. The Hall–Kier alpha value is -5.16. The molecule has 0 unspecified atom stereocenters. The van der Waals surface area contributed by atoms with Gasteiger partial charge in [-0.25, -0.2) is 19.7 Å². The smallest absolute Gasteiger partial charge is 0.412 e. The van der Waals surface area contributed by atoms with Crippen molar-refractivity contribution in [3.63, 3.8) is 0 Å². The van der Waals surface area contributed by atoms with Gasteiger partial charge in [0.25, 0.3) is 5.91 Å². The second-order valence-corrected chi connectivity index (χ2v) is 13.7. The van der Waals surface area contributed by atoms with Gasteiger partial charge >= 0.3 is 6.09 Å². The molecule has 0 radical (unpaired) electrons. The van der Waals surface area contributed by atoms with Crippen molar-refractivity contribution in [2.75, 3.05) is 17.7 Å². The average Bonchev–Trinajstić information content (AvgIpc) is 3.05. The molecule has 2 amide bonds. The maximum absolute atomic E-state index is 13.5. The normalized spacial score (nSPS) is 12.0. The van der Waals surface area contributed by atoms with Crippen LogP contribution in [0.4, 0.5) is 22.0 Å². The fourth-order valence-electron chi connectivity index (χ4n) is 4.79. The predicted molar refractivity (Wildman–Crippen MR) is 190 cm³/mol. The van der Waals surface area contributed by atoms with Gasteiger partial charge in [0.2, 0.25) is 0 Å². The highest BCUT2D eigenvalue weighted by Gasteiger charge is 2.18. The van der Waals surface area contributed by atoms with Gasteiger partial charge in [-0.2, -0.15) is 0 Å². The van der Waals surface area contributed by atoms with Crippen molar-refractivity contribution >= 4 is 52.0 Å². The molecule has 0 saturated heterocycles. The summed E-state index contributed by atoms with van der Waals surface area (Å²) in [6, 6.07) is 24.3. The highest BCUT2D eigenvalue weighted by atomic mass is 32.2. The van der Waals surface area contributed by atoms with Crippen LogP contribution in [0.15, 0.2) is 95.0 Å². The molecule has 10 nitrogen and oxygen atoms in total. The number of benzene rings is 3. The van der Waals surface area contributed by atoms with E-state index in [4.69, 9.17) is 14.5 Å². The molecular weight excluding hydrogens is 625 g/mol. The number of carbonyl (C=O) groups is 2. The molecule has 0 aliphatic rings. The molecule has 48 heavy (non-hydrogen) atoms. The topological polar surface area (TPSA) is 127 Å². The number of nitrogens with zero attached hydrogens (tertiary/aromatic N) is 3. The van der Waals surface area contributed by atoms with Crippen LogP contribution in [0.25, 0.3) is 11.0 Å². The van der Waals surface area contributed by atoms with Crippen LogP contribution in [-0.2, 0) is 4.74 Å². The number of fused-ring (bicyclic) bond motifs is 1. The summed E-state index contributed by atoms with van der Waals surface area (Å²) < 4.78 is 10.7. The Labute approximate surface area is 285 Å². The number of hydrogen-bond acceptors (Lipinski definition) is 9. The first-order valence-corrected chi connectivity index (χ1v) is 16.5. The molecule has 0 fully saturated rings. The van der Waals surface area contributed by atoms with E-state index in [0.717, 1.165) is 32.2 Å². The highest BCUT2D eigenvalue weighted by Crippen LogP contribution is 2.37. The molecule has 0 aliphatic heterocycles. The van der Waals surface area contributed by atoms with E-state index in [2.05, 4.69) is 39.8 Å². The van der Waals surface area contributed by atoms with Crippen molar-refractivity contribution in [1.82, 2.24) is 20.3 Å².